The van der Waals surface area contributed by atoms with E-state index in [-0.39, 0.29) is 0 Å². The van der Waals surface area contributed by atoms with Gasteiger partial charge in [0.15, 0.2) is 5.11 Å². The summed E-state index contributed by atoms with van der Waals surface area (Å²) in [5.41, 5.74) is 2.39. The van der Waals surface area contributed by atoms with Crippen molar-refractivity contribution in [3.63, 3.8) is 0 Å². The number of nitrogens with two attached hydrogens (primary N) is 1. The van der Waals surface area contributed by atoms with Crippen LogP contribution in [0.1, 0.15) is 26.7 Å². The zero-order chi connectivity index (χ0) is 11.0. The molecule has 14 heavy (non-hydrogen) atoms. The fraction of sp³-hybridized carbons (Fsp3) is 0.889. The first kappa shape index (κ1) is 13.6. The normalized spacial score (nSPS) is 10.7. The molecule has 0 atom stereocenters. The predicted octanol–water partition coefficient (Wildman–Crippen LogP) is 0.445. The number of nitrogens with zero attached hydrogens (tertiary/aromatic N) is 1. The summed E-state index contributed by atoms with van der Waals surface area (Å²) in [6, 6.07) is 0.620. The molecule has 0 saturated heterocycles. The zero-order valence-corrected chi connectivity index (χ0v) is 10.2. The van der Waals surface area contributed by atoms with E-state index in [2.05, 4.69) is 36.5 Å². The second-order valence-corrected chi connectivity index (χ2v) is 4.09. The van der Waals surface area contributed by atoms with Gasteiger partial charge in [-0.15, -0.1) is 0 Å². The van der Waals surface area contributed by atoms with E-state index in [9.17, 15) is 0 Å². The van der Waals surface area contributed by atoms with Crippen LogP contribution in [0, 0.1) is 0 Å². The van der Waals surface area contributed by atoms with Crippen molar-refractivity contribution in [3.8, 4) is 0 Å². The molecule has 84 valence electrons. The van der Waals surface area contributed by atoms with Gasteiger partial charge >= 0.3 is 0 Å². The minimum atomic E-state index is 0.516. The summed E-state index contributed by atoms with van der Waals surface area (Å²) in [6.07, 6.45) is 2.29. The van der Waals surface area contributed by atoms with E-state index in [0.717, 1.165) is 19.5 Å². The second kappa shape index (κ2) is 7.96. The summed E-state index contributed by atoms with van der Waals surface area (Å²) in [5.74, 6) is 5.11. The number of hydrazine groups is 1. The molecule has 0 fully saturated rings. The van der Waals surface area contributed by atoms with Crippen LogP contribution in [-0.2, 0) is 0 Å². The van der Waals surface area contributed by atoms with Gasteiger partial charge in [-0.25, -0.2) is 5.84 Å². The Morgan fingerprint density at radius 1 is 1.43 bits per heavy atom. The van der Waals surface area contributed by atoms with Crippen molar-refractivity contribution in [1.82, 2.24) is 15.6 Å². The second-order valence-electron chi connectivity index (χ2n) is 3.68. The van der Waals surface area contributed by atoms with Crippen LogP contribution in [0.15, 0.2) is 0 Å². The maximum Gasteiger partial charge on any atom is 0.180 e. The topological polar surface area (TPSA) is 53.3 Å². The van der Waals surface area contributed by atoms with Gasteiger partial charge in [0, 0.05) is 12.6 Å². The molecule has 0 amide bonds. The van der Waals surface area contributed by atoms with E-state index < -0.39 is 0 Å². The van der Waals surface area contributed by atoms with E-state index in [1.54, 1.807) is 0 Å². The number of rotatable bonds is 6. The van der Waals surface area contributed by atoms with Crippen molar-refractivity contribution in [2.45, 2.75) is 32.7 Å². The van der Waals surface area contributed by atoms with Crippen LogP contribution >= 0.6 is 12.2 Å². The Kier molecular flexibility index (Phi) is 7.74. The molecule has 0 heterocycles. The third kappa shape index (κ3) is 7.06. The standard InChI is InChI=1S/C9H22N4S/c1-8(2)13(3)7-5-4-6-11-9(14)12-10/h8H,4-7,10H2,1-3H3,(H2,11,12,14). The lowest BCUT2D eigenvalue weighted by atomic mass is 10.2. The van der Waals surface area contributed by atoms with Gasteiger partial charge in [0.2, 0.25) is 0 Å². The van der Waals surface area contributed by atoms with Gasteiger partial charge in [-0.3, -0.25) is 0 Å². The molecule has 0 aromatic carbocycles. The molecule has 0 aromatic heterocycles. The molecule has 4 N–H and O–H groups in total. The highest BCUT2D eigenvalue weighted by Gasteiger charge is 2.01. The number of thiocarbonyl (C=S) groups is 1. The van der Waals surface area contributed by atoms with E-state index in [0.29, 0.717) is 11.2 Å². The molecular formula is C9H22N4S. The van der Waals surface area contributed by atoms with Crippen molar-refractivity contribution >= 4 is 17.3 Å². The van der Waals surface area contributed by atoms with E-state index in [1.165, 1.54) is 6.42 Å². The van der Waals surface area contributed by atoms with Gasteiger partial charge in [0.25, 0.3) is 0 Å². The van der Waals surface area contributed by atoms with Crippen LogP contribution in [0.25, 0.3) is 0 Å². The third-order valence-corrected chi connectivity index (χ3v) is 2.50. The summed E-state index contributed by atoms with van der Waals surface area (Å²) in [5, 5.41) is 3.53. The maximum atomic E-state index is 5.11. The van der Waals surface area contributed by atoms with Crippen LogP contribution in [0.5, 0.6) is 0 Å². The SMILES string of the molecule is CC(C)N(C)CCCCNC(=S)NN. The Morgan fingerprint density at radius 3 is 2.57 bits per heavy atom. The highest BCUT2D eigenvalue weighted by Crippen LogP contribution is 1.96. The Balaban J connectivity index is 3.25. The minimum Gasteiger partial charge on any atom is -0.362 e. The van der Waals surface area contributed by atoms with E-state index in [4.69, 9.17) is 18.1 Å². The molecule has 0 rings (SSSR count). The van der Waals surface area contributed by atoms with Gasteiger partial charge in [0.1, 0.15) is 0 Å². The number of nitrogens with one attached hydrogen (secondary N) is 2. The lowest BCUT2D eigenvalue weighted by Gasteiger charge is -2.20. The van der Waals surface area contributed by atoms with Crippen molar-refractivity contribution in [1.29, 1.82) is 0 Å². The highest BCUT2D eigenvalue weighted by molar-refractivity contribution is 7.80. The number of unbranched alkanes of at least 4 members (excludes halogenated alkanes) is 1. The van der Waals surface area contributed by atoms with Gasteiger partial charge in [0.05, 0.1) is 0 Å². The molecule has 0 radical (unpaired) electrons. The van der Waals surface area contributed by atoms with Crippen LogP contribution < -0.4 is 16.6 Å². The molecule has 4 nitrogen and oxygen atoms in total. The fourth-order valence-electron chi connectivity index (χ4n) is 0.997. The highest BCUT2D eigenvalue weighted by atomic mass is 32.1. The van der Waals surface area contributed by atoms with Crippen LogP contribution in [0.3, 0.4) is 0 Å². The summed E-state index contributed by atoms with van der Waals surface area (Å²) in [7, 11) is 2.14. The Labute approximate surface area is 92.2 Å². The average molecular weight is 218 g/mol. The molecular weight excluding hydrogens is 196 g/mol. The first-order chi connectivity index (χ1) is 6.57. The van der Waals surface area contributed by atoms with E-state index >= 15 is 0 Å². The monoisotopic (exact) mass is 218 g/mol. The van der Waals surface area contributed by atoms with Crippen LogP contribution in [0.2, 0.25) is 0 Å². The van der Waals surface area contributed by atoms with Crippen molar-refractivity contribution in [3.05, 3.63) is 0 Å². The first-order valence-electron chi connectivity index (χ1n) is 5.02. The molecule has 0 aliphatic carbocycles. The van der Waals surface area contributed by atoms with Crippen molar-refractivity contribution in [2.24, 2.45) is 5.84 Å². The van der Waals surface area contributed by atoms with Gasteiger partial charge in [-0.2, -0.15) is 0 Å². The van der Waals surface area contributed by atoms with Crippen molar-refractivity contribution in [2.75, 3.05) is 20.1 Å². The molecule has 0 aromatic rings. The zero-order valence-electron chi connectivity index (χ0n) is 9.34. The molecule has 0 aliphatic heterocycles. The molecule has 0 saturated carbocycles. The summed E-state index contributed by atoms with van der Waals surface area (Å²) >= 11 is 4.84. The largest absolute Gasteiger partial charge is 0.362 e. The summed E-state index contributed by atoms with van der Waals surface area (Å²) in [4.78, 5) is 2.33. The van der Waals surface area contributed by atoms with Gasteiger partial charge in [-0.05, 0) is 52.5 Å². The summed E-state index contributed by atoms with van der Waals surface area (Å²) in [6.45, 7) is 6.41. The van der Waals surface area contributed by atoms with Crippen LogP contribution in [-0.4, -0.2) is 36.2 Å². The first-order valence-corrected chi connectivity index (χ1v) is 5.43. The molecule has 0 bridgehead atoms. The average Bonchev–Trinajstić information content (AvgIpc) is 2.16. The quantitative estimate of drug-likeness (QED) is 0.261. The van der Waals surface area contributed by atoms with Gasteiger partial charge < -0.3 is 15.6 Å². The minimum absolute atomic E-state index is 0.516. The molecule has 0 spiro atoms. The molecule has 0 aliphatic rings. The lowest BCUT2D eigenvalue weighted by Crippen LogP contribution is -2.40. The lowest BCUT2D eigenvalue weighted by molar-refractivity contribution is 0.268. The fourth-order valence-corrected chi connectivity index (χ4v) is 1.10. The van der Waals surface area contributed by atoms with Crippen LogP contribution in [0.4, 0.5) is 0 Å². The van der Waals surface area contributed by atoms with E-state index in [1.807, 2.05) is 0 Å². The maximum absolute atomic E-state index is 5.11. The Bertz CT molecular complexity index is 161. The number of hydrogen-bond donors (Lipinski definition) is 3. The smallest absolute Gasteiger partial charge is 0.180 e. The van der Waals surface area contributed by atoms with Crippen molar-refractivity contribution < 1.29 is 0 Å². The number of hydrogen-bond acceptors (Lipinski definition) is 3. The Hall–Kier alpha value is -0.390. The summed E-state index contributed by atoms with van der Waals surface area (Å²) < 4.78 is 0. The van der Waals surface area contributed by atoms with Gasteiger partial charge in [-0.1, -0.05) is 0 Å². The predicted molar refractivity (Wildman–Crippen MR) is 64.9 cm³/mol. The third-order valence-electron chi connectivity index (χ3n) is 2.24. The Morgan fingerprint density at radius 2 is 2.07 bits per heavy atom. The molecule has 0 unspecified atom stereocenters. The molecule has 5 heteroatoms.